The summed E-state index contributed by atoms with van der Waals surface area (Å²) in [6.07, 6.45) is 1.88. The van der Waals surface area contributed by atoms with E-state index in [1.54, 1.807) is 6.07 Å². The second-order valence-corrected chi connectivity index (χ2v) is 9.07. The van der Waals surface area contributed by atoms with Crippen LogP contribution in [0.2, 0.25) is 0 Å². The van der Waals surface area contributed by atoms with Crippen molar-refractivity contribution in [3.05, 3.63) is 136 Å². The van der Waals surface area contributed by atoms with Crippen LogP contribution in [0.1, 0.15) is 81.9 Å². The Morgan fingerprint density at radius 2 is 1.23 bits per heavy atom. The Labute approximate surface area is 207 Å². The fourth-order valence-electron chi connectivity index (χ4n) is 4.69. The van der Waals surface area contributed by atoms with Gasteiger partial charge in [-0.25, -0.2) is 4.79 Å². The third kappa shape index (κ3) is 5.14. The number of aryl methyl sites for hydroxylation is 2. The highest BCUT2D eigenvalue weighted by Crippen LogP contribution is 2.41. The molecule has 0 aliphatic heterocycles. The summed E-state index contributed by atoms with van der Waals surface area (Å²) in [4.78, 5) is 12.2. The van der Waals surface area contributed by atoms with Gasteiger partial charge in [-0.1, -0.05) is 106 Å². The average molecular weight is 465 g/mol. The monoisotopic (exact) mass is 464 g/mol. The van der Waals surface area contributed by atoms with E-state index in [4.69, 9.17) is 0 Å². The molecule has 4 rings (SSSR count). The normalized spacial score (nSPS) is 12.0. The van der Waals surface area contributed by atoms with Crippen molar-refractivity contribution in [3.63, 3.8) is 0 Å². The molecule has 178 valence electrons. The Hall–Kier alpha value is -3.85. The topological polar surface area (TPSA) is 57.5 Å². The van der Waals surface area contributed by atoms with Gasteiger partial charge in [0, 0.05) is 17.4 Å². The lowest BCUT2D eigenvalue weighted by atomic mass is 9.80. The minimum Gasteiger partial charge on any atom is -0.507 e. The molecule has 0 fully saturated rings. The molecule has 4 aromatic carbocycles. The maximum Gasteiger partial charge on any atom is 0.339 e. The zero-order valence-electron chi connectivity index (χ0n) is 20.5. The Balaban J connectivity index is 1.94. The van der Waals surface area contributed by atoms with Crippen LogP contribution in [0.5, 0.6) is 5.75 Å². The number of phenols is 1. The minimum atomic E-state index is -1.13. The van der Waals surface area contributed by atoms with Gasteiger partial charge in [-0.05, 0) is 52.3 Å². The van der Waals surface area contributed by atoms with Crippen LogP contribution in [0, 0.1) is 0 Å². The van der Waals surface area contributed by atoms with E-state index in [1.807, 2.05) is 36.4 Å². The summed E-state index contributed by atoms with van der Waals surface area (Å²) < 4.78 is 0. The first-order chi connectivity index (χ1) is 16.9. The Morgan fingerprint density at radius 1 is 0.714 bits per heavy atom. The van der Waals surface area contributed by atoms with E-state index < -0.39 is 5.97 Å². The predicted molar refractivity (Wildman–Crippen MR) is 142 cm³/mol. The standard InChI is InChI=1S/C32H32O3/c1-4-22-11-15-25(16-12-22)30(26-17-13-23(5-2)14-18-26)28-19-27(20-29(31(28)33)32(34)35)21(3)24-9-7-6-8-10-24/h6-21,30,33H,4-5H2,1-3H3,(H,34,35). The number of hydrogen-bond donors (Lipinski definition) is 2. The molecule has 4 aromatic rings. The van der Waals surface area contributed by atoms with E-state index in [9.17, 15) is 15.0 Å². The maximum absolute atomic E-state index is 12.2. The molecule has 1 unspecified atom stereocenters. The number of aromatic carboxylic acids is 1. The number of carboxylic acid groups (broad SMARTS) is 1. The van der Waals surface area contributed by atoms with Gasteiger partial charge >= 0.3 is 5.97 Å². The summed E-state index contributed by atoms with van der Waals surface area (Å²) in [5.41, 5.74) is 6.99. The van der Waals surface area contributed by atoms with Crippen molar-refractivity contribution in [2.45, 2.75) is 45.4 Å². The maximum atomic E-state index is 12.2. The van der Waals surface area contributed by atoms with Crippen LogP contribution >= 0.6 is 0 Å². The molecular weight excluding hydrogens is 432 g/mol. The van der Waals surface area contributed by atoms with Gasteiger partial charge in [-0.3, -0.25) is 0 Å². The first-order valence-corrected chi connectivity index (χ1v) is 12.3. The second-order valence-electron chi connectivity index (χ2n) is 9.07. The molecule has 0 heterocycles. The van der Waals surface area contributed by atoms with Gasteiger partial charge in [-0.15, -0.1) is 0 Å². The zero-order valence-corrected chi connectivity index (χ0v) is 20.5. The largest absolute Gasteiger partial charge is 0.507 e. The Bertz CT molecular complexity index is 1240. The third-order valence-corrected chi connectivity index (χ3v) is 6.95. The molecule has 1 atom stereocenters. The summed E-state index contributed by atoms with van der Waals surface area (Å²) in [6, 6.07) is 30.4. The minimum absolute atomic E-state index is 0.0285. The Kier molecular flexibility index (Phi) is 7.36. The van der Waals surface area contributed by atoms with Gasteiger partial charge in [-0.2, -0.15) is 0 Å². The molecule has 0 amide bonds. The average Bonchev–Trinajstić information content (AvgIpc) is 2.90. The van der Waals surface area contributed by atoms with Crippen LogP contribution < -0.4 is 0 Å². The SMILES string of the molecule is CCc1ccc(C(c2ccc(CC)cc2)c2cc(C(C)c3ccccc3)cc(C(=O)O)c2O)cc1. The fourth-order valence-corrected chi connectivity index (χ4v) is 4.69. The number of benzene rings is 4. The van der Waals surface area contributed by atoms with Crippen molar-refractivity contribution in [2.24, 2.45) is 0 Å². The van der Waals surface area contributed by atoms with E-state index in [-0.39, 0.29) is 23.1 Å². The van der Waals surface area contributed by atoms with E-state index in [0.29, 0.717) is 5.56 Å². The van der Waals surface area contributed by atoms with Crippen LogP contribution in [-0.4, -0.2) is 16.2 Å². The van der Waals surface area contributed by atoms with Crippen molar-refractivity contribution < 1.29 is 15.0 Å². The molecule has 0 saturated carbocycles. The Morgan fingerprint density at radius 3 is 1.69 bits per heavy atom. The van der Waals surface area contributed by atoms with E-state index >= 15 is 0 Å². The smallest absolute Gasteiger partial charge is 0.339 e. The van der Waals surface area contributed by atoms with Gasteiger partial charge in [0.05, 0.1) is 0 Å². The number of aromatic hydroxyl groups is 1. The summed E-state index contributed by atoms with van der Waals surface area (Å²) in [5, 5.41) is 21.2. The second kappa shape index (κ2) is 10.6. The summed E-state index contributed by atoms with van der Waals surface area (Å²) in [7, 11) is 0. The number of carboxylic acids is 1. The van der Waals surface area contributed by atoms with Crippen LogP contribution in [0.4, 0.5) is 0 Å². The molecule has 0 aromatic heterocycles. The molecule has 3 nitrogen and oxygen atoms in total. The summed E-state index contributed by atoms with van der Waals surface area (Å²) in [6.45, 7) is 6.31. The zero-order chi connectivity index (χ0) is 24.9. The van der Waals surface area contributed by atoms with Crippen LogP contribution in [0.15, 0.2) is 91.0 Å². The highest BCUT2D eigenvalue weighted by atomic mass is 16.4. The number of rotatable bonds is 8. The van der Waals surface area contributed by atoms with Gasteiger partial charge in [0.25, 0.3) is 0 Å². The third-order valence-electron chi connectivity index (χ3n) is 6.95. The lowest BCUT2D eigenvalue weighted by molar-refractivity contribution is 0.0693. The molecule has 0 saturated heterocycles. The first-order valence-electron chi connectivity index (χ1n) is 12.3. The van der Waals surface area contributed by atoms with Gasteiger partial charge in [0.15, 0.2) is 0 Å². The molecule has 0 aliphatic carbocycles. The van der Waals surface area contributed by atoms with Gasteiger partial charge in [0.2, 0.25) is 0 Å². The van der Waals surface area contributed by atoms with Crippen molar-refractivity contribution in [2.75, 3.05) is 0 Å². The molecule has 2 N–H and O–H groups in total. The van der Waals surface area contributed by atoms with E-state index in [2.05, 4.69) is 69.3 Å². The number of carbonyl (C=O) groups is 1. The van der Waals surface area contributed by atoms with Gasteiger partial charge in [0.1, 0.15) is 11.3 Å². The quantitative estimate of drug-likeness (QED) is 0.265. The van der Waals surface area contributed by atoms with E-state index in [0.717, 1.165) is 35.1 Å². The lowest BCUT2D eigenvalue weighted by Crippen LogP contribution is -2.10. The highest BCUT2D eigenvalue weighted by molar-refractivity contribution is 5.92. The molecule has 0 aliphatic rings. The van der Waals surface area contributed by atoms with Crippen molar-refractivity contribution in [1.82, 2.24) is 0 Å². The molecule has 0 radical (unpaired) electrons. The molecule has 35 heavy (non-hydrogen) atoms. The number of hydrogen-bond acceptors (Lipinski definition) is 2. The van der Waals surface area contributed by atoms with Crippen molar-refractivity contribution in [3.8, 4) is 5.75 Å². The predicted octanol–water partition coefficient (Wildman–Crippen LogP) is 7.55. The van der Waals surface area contributed by atoms with Crippen LogP contribution in [0.3, 0.4) is 0 Å². The van der Waals surface area contributed by atoms with Gasteiger partial charge < -0.3 is 10.2 Å². The van der Waals surface area contributed by atoms with Crippen molar-refractivity contribution >= 4 is 5.97 Å². The summed E-state index contributed by atoms with van der Waals surface area (Å²) >= 11 is 0. The molecule has 0 bridgehead atoms. The van der Waals surface area contributed by atoms with Crippen LogP contribution in [0.25, 0.3) is 0 Å². The fraction of sp³-hybridized carbons (Fsp3) is 0.219. The van der Waals surface area contributed by atoms with Crippen LogP contribution in [-0.2, 0) is 12.8 Å². The van der Waals surface area contributed by atoms with Crippen molar-refractivity contribution in [1.29, 1.82) is 0 Å². The lowest BCUT2D eigenvalue weighted by Gasteiger charge is -2.24. The highest BCUT2D eigenvalue weighted by Gasteiger charge is 2.26. The molecule has 0 spiro atoms. The van der Waals surface area contributed by atoms with E-state index in [1.165, 1.54) is 11.1 Å². The molecular formula is C32H32O3. The summed E-state index contributed by atoms with van der Waals surface area (Å²) in [5.74, 6) is -1.63. The first kappa shape index (κ1) is 24.3. The molecule has 3 heteroatoms.